The van der Waals surface area contributed by atoms with Crippen LogP contribution in [-0.4, -0.2) is 48.9 Å². The Morgan fingerprint density at radius 2 is 1.81 bits per heavy atom. The van der Waals surface area contributed by atoms with Gasteiger partial charge in [0, 0.05) is 23.5 Å². The Bertz CT molecular complexity index is 1670. The number of hydrogen-bond donors (Lipinski definition) is 0. The fraction of sp³-hybridized carbons (Fsp3) is 0.296. The van der Waals surface area contributed by atoms with E-state index in [-0.39, 0.29) is 23.0 Å². The van der Waals surface area contributed by atoms with Gasteiger partial charge in [0.2, 0.25) is 10.0 Å². The van der Waals surface area contributed by atoms with Gasteiger partial charge in [0.05, 0.1) is 22.2 Å². The van der Waals surface area contributed by atoms with Gasteiger partial charge in [-0.15, -0.1) is 0 Å². The van der Waals surface area contributed by atoms with Crippen molar-refractivity contribution in [2.24, 2.45) is 4.99 Å². The van der Waals surface area contributed by atoms with Crippen molar-refractivity contribution in [1.29, 1.82) is 0 Å². The maximum atomic E-state index is 13.1. The number of fused-ring (bicyclic) bond motifs is 3. The first-order valence-electron chi connectivity index (χ1n) is 12.1. The first kappa shape index (κ1) is 25.3. The molecule has 1 aliphatic heterocycles. The van der Waals surface area contributed by atoms with Gasteiger partial charge < -0.3 is 9.30 Å². The lowest BCUT2D eigenvalue weighted by Gasteiger charge is -2.32. The molecule has 1 aliphatic rings. The van der Waals surface area contributed by atoms with Crippen LogP contribution in [0.25, 0.3) is 21.0 Å². The average molecular weight is 538 g/mol. The monoisotopic (exact) mass is 537 g/mol. The maximum Gasteiger partial charge on any atom is 0.325 e. The predicted molar refractivity (Wildman–Crippen MR) is 143 cm³/mol. The molecule has 0 spiro atoms. The number of hydrogen-bond acceptors (Lipinski definition) is 6. The molecule has 1 aromatic heterocycles. The highest BCUT2D eigenvalue weighted by molar-refractivity contribution is 7.89. The molecule has 8 nitrogen and oxygen atoms in total. The van der Waals surface area contributed by atoms with Crippen molar-refractivity contribution in [3.05, 3.63) is 71.0 Å². The third kappa shape index (κ3) is 4.84. The van der Waals surface area contributed by atoms with Gasteiger partial charge in [-0.2, -0.15) is 9.30 Å². The van der Waals surface area contributed by atoms with Gasteiger partial charge in [0.1, 0.15) is 6.54 Å². The minimum atomic E-state index is -3.64. The Morgan fingerprint density at radius 3 is 2.54 bits per heavy atom. The van der Waals surface area contributed by atoms with E-state index >= 15 is 0 Å². The van der Waals surface area contributed by atoms with Crippen LogP contribution in [0.3, 0.4) is 0 Å². The predicted octanol–water partition coefficient (Wildman–Crippen LogP) is 4.33. The second-order valence-electron chi connectivity index (χ2n) is 9.08. The zero-order valence-corrected chi connectivity index (χ0v) is 22.2. The van der Waals surface area contributed by atoms with Gasteiger partial charge in [0.25, 0.3) is 5.91 Å². The molecule has 1 unspecified atom stereocenters. The van der Waals surface area contributed by atoms with Crippen LogP contribution in [0.15, 0.2) is 70.6 Å². The number of sulfonamides is 1. The highest BCUT2D eigenvalue weighted by atomic mass is 32.2. The van der Waals surface area contributed by atoms with E-state index in [1.807, 2.05) is 43.3 Å². The summed E-state index contributed by atoms with van der Waals surface area (Å²) >= 11 is 1.32. The molecule has 10 heteroatoms. The Balaban J connectivity index is 1.53. The summed E-state index contributed by atoms with van der Waals surface area (Å²) in [5.41, 5.74) is 1.04. The standard InChI is InChI=1S/C27H27N3O5S2/c1-18-7-5-6-16-30(18)37(33,34)21-13-10-20(11-14-21)26(32)28-27-29(17-24(31)35-2)23-15-12-19-8-3-4-9-22(19)25(23)36-27/h3-4,8-15,18H,5-7,16-17H2,1-2H3. The second kappa shape index (κ2) is 10.2. The quantitative estimate of drug-likeness (QED) is 0.353. The molecule has 4 aromatic rings. The molecule has 0 saturated carbocycles. The average Bonchev–Trinajstić information content (AvgIpc) is 3.25. The molecule has 3 aromatic carbocycles. The second-order valence-corrected chi connectivity index (χ2v) is 12.0. The molecule has 5 rings (SSSR count). The zero-order chi connectivity index (χ0) is 26.2. The minimum absolute atomic E-state index is 0.0515. The molecule has 0 N–H and O–H groups in total. The molecule has 1 amide bonds. The van der Waals surface area contributed by atoms with Crippen molar-refractivity contribution < 1.29 is 22.7 Å². The number of carbonyl (C=O) groups is 2. The Kier molecular flexibility index (Phi) is 6.98. The Morgan fingerprint density at radius 1 is 1.05 bits per heavy atom. The van der Waals surface area contributed by atoms with E-state index in [1.54, 1.807) is 4.57 Å². The smallest absolute Gasteiger partial charge is 0.325 e. The number of aromatic nitrogens is 1. The molecule has 0 bridgehead atoms. The number of thiazole rings is 1. The Hall–Kier alpha value is -3.34. The van der Waals surface area contributed by atoms with Crippen molar-refractivity contribution in [2.45, 2.75) is 43.7 Å². The van der Waals surface area contributed by atoms with E-state index < -0.39 is 21.9 Å². The van der Waals surface area contributed by atoms with Gasteiger partial charge in [-0.25, -0.2) is 8.42 Å². The normalized spacial score (nSPS) is 17.4. The lowest BCUT2D eigenvalue weighted by Crippen LogP contribution is -2.41. The molecule has 1 fully saturated rings. The third-order valence-electron chi connectivity index (χ3n) is 6.74. The van der Waals surface area contributed by atoms with E-state index in [4.69, 9.17) is 4.74 Å². The van der Waals surface area contributed by atoms with Crippen LogP contribution in [0.5, 0.6) is 0 Å². The molecule has 0 radical (unpaired) electrons. The van der Waals surface area contributed by atoms with Crippen LogP contribution in [0.1, 0.15) is 36.5 Å². The van der Waals surface area contributed by atoms with Crippen LogP contribution in [-0.2, 0) is 26.1 Å². The van der Waals surface area contributed by atoms with Crippen molar-refractivity contribution >= 4 is 54.2 Å². The summed E-state index contributed by atoms with van der Waals surface area (Å²) in [6.07, 6.45) is 2.70. The molecule has 1 saturated heterocycles. The number of benzene rings is 3. The number of rotatable bonds is 5. The third-order valence-corrected chi connectivity index (χ3v) is 9.89. The number of amides is 1. The lowest BCUT2D eigenvalue weighted by atomic mass is 10.1. The lowest BCUT2D eigenvalue weighted by molar-refractivity contribution is -0.141. The molecule has 192 valence electrons. The van der Waals surface area contributed by atoms with Gasteiger partial charge in [-0.3, -0.25) is 9.59 Å². The summed E-state index contributed by atoms with van der Waals surface area (Å²) in [5, 5.41) is 2.04. The van der Waals surface area contributed by atoms with E-state index in [2.05, 4.69) is 4.99 Å². The number of methoxy groups -OCH3 is 1. The van der Waals surface area contributed by atoms with Crippen molar-refractivity contribution in [1.82, 2.24) is 8.87 Å². The highest BCUT2D eigenvalue weighted by Crippen LogP contribution is 2.28. The summed E-state index contributed by atoms with van der Waals surface area (Å²) in [6, 6.07) is 17.6. The van der Waals surface area contributed by atoms with Gasteiger partial charge in [0.15, 0.2) is 4.80 Å². The number of piperidine rings is 1. The van der Waals surface area contributed by atoms with Crippen LogP contribution in [0, 0.1) is 0 Å². The van der Waals surface area contributed by atoms with E-state index in [0.29, 0.717) is 11.3 Å². The van der Waals surface area contributed by atoms with Crippen molar-refractivity contribution in [2.75, 3.05) is 13.7 Å². The van der Waals surface area contributed by atoms with E-state index in [9.17, 15) is 18.0 Å². The topological polar surface area (TPSA) is 98.0 Å². The van der Waals surface area contributed by atoms with E-state index in [1.165, 1.54) is 47.0 Å². The first-order chi connectivity index (χ1) is 17.8. The maximum absolute atomic E-state index is 13.1. The summed E-state index contributed by atoms with van der Waals surface area (Å²) in [6.45, 7) is 2.33. The number of ether oxygens (including phenoxy) is 1. The SMILES string of the molecule is COC(=O)Cn1c(=NC(=O)c2ccc(S(=O)(=O)N3CCCCC3C)cc2)sc2c3ccccc3ccc21. The van der Waals surface area contributed by atoms with Crippen molar-refractivity contribution in [3.63, 3.8) is 0 Å². The fourth-order valence-corrected chi connectivity index (χ4v) is 7.58. The summed E-state index contributed by atoms with van der Waals surface area (Å²) in [5.74, 6) is -0.979. The number of esters is 1. The minimum Gasteiger partial charge on any atom is -0.468 e. The van der Waals surface area contributed by atoms with E-state index in [0.717, 1.165) is 40.3 Å². The van der Waals surface area contributed by atoms with Gasteiger partial charge >= 0.3 is 5.97 Å². The fourth-order valence-electron chi connectivity index (χ4n) is 4.72. The van der Waals surface area contributed by atoms with Crippen LogP contribution in [0.4, 0.5) is 0 Å². The molecule has 2 heterocycles. The zero-order valence-electron chi connectivity index (χ0n) is 20.6. The van der Waals surface area contributed by atoms with Crippen LogP contribution in [0.2, 0.25) is 0 Å². The van der Waals surface area contributed by atoms with Crippen LogP contribution >= 0.6 is 11.3 Å². The summed E-state index contributed by atoms with van der Waals surface area (Å²) in [4.78, 5) is 30.1. The Labute approximate surface area is 218 Å². The largest absolute Gasteiger partial charge is 0.468 e. The van der Waals surface area contributed by atoms with Crippen molar-refractivity contribution in [3.8, 4) is 0 Å². The number of carbonyl (C=O) groups excluding carboxylic acids is 2. The molecular formula is C27H27N3O5S2. The van der Waals surface area contributed by atoms with Gasteiger partial charge in [-0.05, 0) is 55.5 Å². The number of nitrogens with zero attached hydrogens (tertiary/aromatic N) is 3. The van der Waals surface area contributed by atoms with Crippen LogP contribution < -0.4 is 4.80 Å². The first-order valence-corrected chi connectivity index (χ1v) is 14.3. The molecule has 1 atom stereocenters. The summed E-state index contributed by atoms with van der Waals surface area (Å²) < 4.78 is 35.2. The van der Waals surface area contributed by atoms with Gasteiger partial charge in [-0.1, -0.05) is 48.1 Å². The molecular weight excluding hydrogens is 510 g/mol. The molecule has 0 aliphatic carbocycles. The summed E-state index contributed by atoms with van der Waals surface area (Å²) in [7, 11) is -2.32. The molecule has 37 heavy (non-hydrogen) atoms. The highest BCUT2D eigenvalue weighted by Gasteiger charge is 2.31.